The third-order valence-electron chi connectivity index (χ3n) is 5.52. The zero-order chi connectivity index (χ0) is 18.6. The van der Waals surface area contributed by atoms with E-state index >= 15 is 0 Å². The van der Waals surface area contributed by atoms with Crippen molar-refractivity contribution in [3.05, 3.63) is 35.6 Å². The molecular formula is C20H30FN3O2. The second-order valence-electron chi connectivity index (χ2n) is 7.71. The van der Waals surface area contributed by atoms with Crippen molar-refractivity contribution in [2.75, 3.05) is 52.5 Å². The maximum atomic E-state index is 13.2. The number of benzene rings is 1. The first kappa shape index (κ1) is 19.3. The largest absolute Gasteiger partial charge is 0.379 e. The number of halogens is 1. The van der Waals surface area contributed by atoms with Gasteiger partial charge in [0.1, 0.15) is 5.82 Å². The number of morpholine rings is 1. The van der Waals surface area contributed by atoms with Crippen LogP contribution in [0.5, 0.6) is 0 Å². The fourth-order valence-corrected chi connectivity index (χ4v) is 3.82. The third kappa shape index (κ3) is 4.61. The summed E-state index contributed by atoms with van der Waals surface area (Å²) >= 11 is 0. The zero-order valence-electron chi connectivity index (χ0n) is 15.9. The number of hydrogen-bond acceptors (Lipinski definition) is 4. The predicted octanol–water partition coefficient (Wildman–Crippen LogP) is 1.97. The molecule has 144 valence electrons. The third-order valence-corrected chi connectivity index (χ3v) is 5.52. The first-order valence-corrected chi connectivity index (χ1v) is 9.56. The van der Waals surface area contributed by atoms with Crippen molar-refractivity contribution in [2.45, 2.75) is 32.4 Å². The van der Waals surface area contributed by atoms with Gasteiger partial charge in [-0.2, -0.15) is 0 Å². The number of hydrogen-bond donors (Lipinski definition) is 0. The van der Waals surface area contributed by atoms with Crippen molar-refractivity contribution >= 4 is 5.91 Å². The summed E-state index contributed by atoms with van der Waals surface area (Å²) in [5.74, 6) is 0.00904. The Morgan fingerprint density at radius 1 is 1.04 bits per heavy atom. The lowest BCUT2D eigenvalue weighted by Gasteiger charge is -2.42. The van der Waals surface area contributed by atoms with Crippen molar-refractivity contribution in [2.24, 2.45) is 0 Å². The van der Waals surface area contributed by atoms with Crippen LogP contribution in [0.4, 0.5) is 4.39 Å². The summed E-state index contributed by atoms with van der Waals surface area (Å²) < 4.78 is 18.5. The molecular weight excluding hydrogens is 333 g/mol. The van der Waals surface area contributed by atoms with Gasteiger partial charge in [-0.3, -0.25) is 14.6 Å². The Bertz CT molecular complexity index is 600. The molecule has 3 rings (SSSR count). The SMILES string of the molecule is CC(C)(C(=O)N1CCCN(Cc2ccc(F)cc2)CC1)N1CCOCC1. The Morgan fingerprint density at radius 3 is 2.42 bits per heavy atom. The van der Waals surface area contributed by atoms with Gasteiger partial charge in [-0.25, -0.2) is 4.39 Å². The van der Waals surface area contributed by atoms with E-state index in [9.17, 15) is 9.18 Å². The molecule has 0 aromatic heterocycles. The van der Waals surface area contributed by atoms with E-state index in [1.54, 1.807) is 0 Å². The van der Waals surface area contributed by atoms with Crippen molar-refractivity contribution in [3.8, 4) is 0 Å². The minimum atomic E-state index is -0.490. The zero-order valence-corrected chi connectivity index (χ0v) is 15.9. The highest BCUT2D eigenvalue weighted by molar-refractivity contribution is 5.85. The van der Waals surface area contributed by atoms with E-state index in [0.717, 1.165) is 57.8 Å². The quantitative estimate of drug-likeness (QED) is 0.820. The van der Waals surface area contributed by atoms with Crippen LogP contribution >= 0.6 is 0 Å². The van der Waals surface area contributed by atoms with Gasteiger partial charge in [0.05, 0.1) is 18.8 Å². The molecule has 1 amide bonds. The van der Waals surface area contributed by atoms with Crippen LogP contribution in [0.1, 0.15) is 25.8 Å². The molecule has 0 N–H and O–H groups in total. The molecule has 6 heteroatoms. The van der Waals surface area contributed by atoms with Gasteiger partial charge in [0.2, 0.25) is 5.91 Å². The topological polar surface area (TPSA) is 36.0 Å². The average Bonchev–Trinajstić information content (AvgIpc) is 2.89. The van der Waals surface area contributed by atoms with Crippen molar-refractivity contribution < 1.29 is 13.9 Å². The van der Waals surface area contributed by atoms with Gasteiger partial charge in [0, 0.05) is 45.8 Å². The minimum Gasteiger partial charge on any atom is -0.379 e. The van der Waals surface area contributed by atoms with E-state index in [1.165, 1.54) is 12.1 Å². The molecule has 0 spiro atoms. The molecule has 0 atom stereocenters. The van der Waals surface area contributed by atoms with E-state index in [0.29, 0.717) is 13.2 Å². The van der Waals surface area contributed by atoms with Gasteiger partial charge < -0.3 is 9.64 Å². The summed E-state index contributed by atoms with van der Waals surface area (Å²) in [6, 6.07) is 6.69. The number of carbonyl (C=O) groups excluding carboxylic acids is 1. The summed E-state index contributed by atoms with van der Waals surface area (Å²) in [7, 11) is 0. The number of amides is 1. The second kappa shape index (κ2) is 8.46. The molecule has 0 saturated carbocycles. The first-order chi connectivity index (χ1) is 12.5. The van der Waals surface area contributed by atoms with Crippen LogP contribution in [0.2, 0.25) is 0 Å². The highest BCUT2D eigenvalue weighted by Crippen LogP contribution is 2.21. The molecule has 1 aromatic rings. The molecule has 5 nitrogen and oxygen atoms in total. The first-order valence-electron chi connectivity index (χ1n) is 9.56. The van der Waals surface area contributed by atoms with Gasteiger partial charge in [0.15, 0.2) is 0 Å². The van der Waals surface area contributed by atoms with Crippen LogP contribution in [0.15, 0.2) is 24.3 Å². The summed E-state index contributed by atoms with van der Waals surface area (Å²) in [6.07, 6.45) is 0.964. The molecule has 0 radical (unpaired) electrons. The molecule has 2 saturated heterocycles. The number of nitrogens with zero attached hydrogens (tertiary/aromatic N) is 3. The molecule has 0 bridgehead atoms. The highest BCUT2D eigenvalue weighted by atomic mass is 19.1. The lowest BCUT2D eigenvalue weighted by molar-refractivity contribution is -0.145. The maximum absolute atomic E-state index is 13.2. The van der Waals surface area contributed by atoms with Crippen LogP contribution in [0.3, 0.4) is 0 Å². The van der Waals surface area contributed by atoms with Crippen LogP contribution in [0.25, 0.3) is 0 Å². The lowest BCUT2D eigenvalue weighted by Crippen LogP contribution is -2.59. The Morgan fingerprint density at radius 2 is 1.73 bits per heavy atom. The lowest BCUT2D eigenvalue weighted by atomic mass is 9.99. The fourth-order valence-electron chi connectivity index (χ4n) is 3.82. The Hall–Kier alpha value is -1.50. The van der Waals surface area contributed by atoms with Crippen molar-refractivity contribution in [1.29, 1.82) is 0 Å². The fraction of sp³-hybridized carbons (Fsp3) is 0.650. The minimum absolute atomic E-state index is 0.202. The van der Waals surface area contributed by atoms with Crippen LogP contribution < -0.4 is 0 Å². The summed E-state index contributed by atoms with van der Waals surface area (Å²) in [5.41, 5.74) is 0.621. The molecule has 2 heterocycles. The highest BCUT2D eigenvalue weighted by Gasteiger charge is 2.38. The molecule has 2 fully saturated rings. The Balaban J connectivity index is 1.57. The van der Waals surface area contributed by atoms with Crippen LogP contribution in [0, 0.1) is 5.82 Å². The van der Waals surface area contributed by atoms with Gasteiger partial charge in [0.25, 0.3) is 0 Å². The van der Waals surface area contributed by atoms with E-state index < -0.39 is 5.54 Å². The smallest absolute Gasteiger partial charge is 0.242 e. The second-order valence-corrected chi connectivity index (χ2v) is 7.71. The summed E-state index contributed by atoms with van der Waals surface area (Å²) in [6.45, 7) is 11.2. The monoisotopic (exact) mass is 363 g/mol. The van der Waals surface area contributed by atoms with E-state index in [-0.39, 0.29) is 11.7 Å². The van der Waals surface area contributed by atoms with Gasteiger partial charge in [-0.1, -0.05) is 12.1 Å². The van der Waals surface area contributed by atoms with Gasteiger partial charge in [-0.15, -0.1) is 0 Å². The van der Waals surface area contributed by atoms with E-state index in [4.69, 9.17) is 4.74 Å². The predicted molar refractivity (Wildman–Crippen MR) is 99.3 cm³/mol. The van der Waals surface area contributed by atoms with E-state index in [1.807, 2.05) is 30.9 Å². The average molecular weight is 363 g/mol. The standard InChI is InChI=1S/C20H30FN3O2/c1-20(2,24-12-14-26-15-13-24)19(25)23-9-3-8-22(10-11-23)16-17-4-6-18(21)7-5-17/h4-7H,3,8-16H2,1-2H3. The number of rotatable bonds is 4. The molecule has 2 aliphatic heterocycles. The summed E-state index contributed by atoms with van der Waals surface area (Å²) in [4.78, 5) is 19.8. The van der Waals surface area contributed by atoms with Crippen molar-refractivity contribution in [3.63, 3.8) is 0 Å². The van der Waals surface area contributed by atoms with Crippen LogP contribution in [-0.4, -0.2) is 78.6 Å². The van der Waals surface area contributed by atoms with Gasteiger partial charge in [-0.05, 0) is 38.0 Å². The normalized spacial score (nSPS) is 20.8. The molecule has 26 heavy (non-hydrogen) atoms. The molecule has 0 aliphatic carbocycles. The van der Waals surface area contributed by atoms with Gasteiger partial charge >= 0.3 is 0 Å². The molecule has 2 aliphatic rings. The van der Waals surface area contributed by atoms with E-state index in [2.05, 4.69) is 9.80 Å². The van der Waals surface area contributed by atoms with Crippen LogP contribution in [-0.2, 0) is 16.1 Å². The summed E-state index contributed by atoms with van der Waals surface area (Å²) in [5, 5.41) is 0. The number of carbonyl (C=O) groups is 1. The molecule has 1 aromatic carbocycles. The molecule has 0 unspecified atom stereocenters. The maximum Gasteiger partial charge on any atom is 0.242 e. The van der Waals surface area contributed by atoms with Crippen molar-refractivity contribution in [1.82, 2.24) is 14.7 Å². The Kier molecular flexibility index (Phi) is 6.27. The Labute approximate surface area is 155 Å². The number of ether oxygens (including phenoxy) is 1.